The number of hydrogen-bond donors (Lipinski definition) is 1. The van der Waals surface area contributed by atoms with Crippen LogP contribution in [0.25, 0.3) is 18.2 Å². The average molecular weight is 454 g/mol. The average Bonchev–Trinajstić information content (AvgIpc) is 2.73. The van der Waals surface area contributed by atoms with Gasteiger partial charge in [0.25, 0.3) is 0 Å². The molecule has 0 saturated heterocycles. The molecule has 6 heteroatoms. The molecular formula is C26H31NO4S. The number of hydrogen-bond acceptors (Lipinski definition) is 4. The van der Waals surface area contributed by atoms with Crippen molar-refractivity contribution in [3.8, 4) is 0 Å². The highest BCUT2D eigenvalue weighted by Crippen LogP contribution is 2.46. The molecule has 1 aliphatic rings. The third-order valence-electron chi connectivity index (χ3n) is 6.28. The summed E-state index contributed by atoms with van der Waals surface area (Å²) in [5.74, 6) is -0.379. The van der Waals surface area contributed by atoms with E-state index in [0.717, 1.165) is 34.9 Å². The first-order chi connectivity index (χ1) is 14.8. The number of fused-ring (bicyclic) bond motifs is 1. The summed E-state index contributed by atoms with van der Waals surface area (Å²) in [5, 5.41) is 6.25. The Balaban J connectivity index is 2.10. The Kier molecular flexibility index (Phi) is 6.50. The van der Waals surface area contributed by atoms with Crippen LogP contribution in [-0.2, 0) is 25.6 Å². The molecule has 0 heterocycles. The van der Waals surface area contributed by atoms with Gasteiger partial charge in [-0.3, -0.25) is 0 Å². The van der Waals surface area contributed by atoms with Gasteiger partial charge < -0.3 is 4.74 Å². The quantitative estimate of drug-likeness (QED) is 0.495. The fourth-order valence-corrected chi connectivity index (χ4v) is 4.47. The summed E-state index contributed by atoms with van der Waals surface area (Å²) in [7, 11) is -2.39. The van der Waals surface area contributed by atoms with Crippen LogP contribution in [0.4, 0.5) is 0 Å². The molecule has 1 aliphatic carbocycles. The Morgan fingerprint density at radius 1 is 0.906 bits per heavy atom. The molecule has 2 N–H and O–H groups in total. The molecule has 0 saturated carbocycles. The summed E-state index contributed by atoms with van der Waals surface area (Å²) in [6, 6.07) is 11.4. The molecule has 2 aromatic carbocycles. The van der Waals surface area contributed by atoms with Crippen LogP contribution >= 0.6 is 0 Å². The van der Waals surface area contributed by atoms with Crippen LogP contribution in [0.15, 0.2) is 41.8 Å². The van der Waals surface area contributed by atoms with Gasteiger partial charge in [0.15, 0.2) is 0 Å². The van der Waals surface area contributed by atoms with Crippen LogP contribution in [0.5, 0.6) is 0 Å². The van der Waals surface area contributed by atoms with Crippen molar-refractivity contribution in [3.63, 3.8) is 0 Å². The Morgan fingerprint density at radius 2 is 1.41 bits per heavy atom. The van der Waals surface area contributed by atoms with E-state index in [-0.39, 0.29) is 16.8 Å². The normalized spacial score (nSPS) is 17.4. The van der Waals surface area contributed by atoms with Crippen molar-refractivity contribution in [2.24, 2.45) is 5.14 Å². The zero-order valence-corrected chi connectivity index (χ0v) is 20.1. The second kappa shape index (κ2) is 8.68. The zero-order chi connectivity index (χ0) is 23.7. The van der Waals surface area contributed by atoms with Crippen LogP contribution in [0.1, 0.15) is 78.7 Å². The van der Waals surface area contributed by atoms with E-state index in [9.17, 15) is 13.2 Å². The SMILES string of the molecule is COC(=O)c1ccc(/C=C/c2cc3c(cc2/C=C/S(N)(=O)=O)C(C)(C)CCC3(C)C)cc1. The molecule has 0 radical (unpaired) electrons. The Bertz CT molecular complexity index is 1190. The van der Waals surface area contributed by atoms with E-state index >= 15 is 0 Å². The molecule has 0 unspecified atom stereocenters. The van der Waals surface area contributed by atoms with Crippen LogP contribution in [0, 0.1) is 0 Å². The van der Waals surface area contributed by atoms with Crippen LogP contribution in [-0.4, -0.2) is 21.5 Å². The van der Waals surface area contributed by atoms with Crippen molar-refractivity contribution in [3.05, 3.63) is 75.2 Å². The lowest BCUT2D eigenvalue weighted by molar-refractivity contribution is 0.0600. The van der Waals surface area contributed by atoms with Gasteiger partial charge in [0.05, 0.1) is 12.7 Å². The molecular weight excluding hydrogens is 422 g/mol. The summed E-state index contributed by atoms with van der Waals surface area (Å²) >= 11 is 0. The second-order valence-electron chi connectivity index (χ2n) is 9.63. The minimum Gasteiger partial charge on any atom is -0.465 e. The predicted molar refractivity (Wildman–Crippen MR) is 131 cm³/mol. The first-order valence-corrected chi connectivity index (χ1v) is 12.2. The van der Waals surface area contributed by atoms with Crippen molar-refractivity contribution in [1.82, 2.24) is 0 Å². The molecule has 0 fully saturated rings. The fourth-order valence-electron chi connectivity index (χ4n) is 4.14. The van der Waals surface area contributed by atoms with Crippen LogP contribution < -0.4 is 5.14 Å². The third-order valence-corrected chi connectivity index (χ3v) is 6.80. The molecule has 0 spiro atoms. The summed E-state index contributed by atoms with van der Waals surface area (Å²) in [5.41, 5.74) is 5.65. The second-order valence-corrected chi connectivity index (χ2v) is 11.1. The Morgan fingerprint density at radius 3 is 1.88 bits per heavy atom. The summed E-state index contributed by atoms with van der Waals surface area (Å²) in [4.78, 5) is 11.6. The number of sulfonamides is 1. The number of nitrogens with two attached hydrogens (primary N) is 1. The number of methoxy groups -OCH3 is 1. The van der Waals surface area contributed by atoms with Gasteiger partial charge in [-0.25, -0.2) is 18.4 Å². The number of primary sulfonamides is 1. The van der Waals surface area contributed by atoms with Gasteiger partial charge in [0.2, 0.25) is 10.0 Å². The molecule has 0 amide bonds. The van der Waals surface area contributed by atoms with Gasteiger partial charge in [-0.05, 0) is 69.7 Å². The molecule has 5 nitrogen and oxygen atoms in total. The maximum Gasteiger partial charge on any atom is 0.337 e. The molecule has 0 aromatic heterocycles. The first-order valence-electron chi connectivity index (χ1n) is 10.6. The van der Waals surface area contributed by atoms with Crippen molar-refractivity contribution in [1.29, 1.82) is 0 Å². The molecule has 0 bridgehead atoms. The van der Waals surface area contributed by atoms with Crippen molar-refractivity contribution in [2.75, 3.05) is 7.11 Å². The smallest absolute Gasteiger partial charge is 0.337 e. The Labute approximate surface area is 191 Å². The van der Waals surface area contributed by atoms with Gasteiger partial charge in [0.1, 0.15) is 0 Å². The third kappa shape index (κ3) is 5.37. The van der Waals surface area contributed by atoms with Gasteiger partial charge >= 0.3 is 5.97 Å². The van der Waals surface area contributed by atoms with E-state index in [4.69, 9.17) is 9.88 Å². The molecule has 2 aromatic rings. The highest BCUT2D eigenvalue weighted by molar-refractivity contribution is 7.92. The number of ether oxygens (including phenoxy) is 1. The minimum absolute atomic E-state index is 0.000986. The molecule has 170 valence electrons. The van der Waals surface area contributed by atoms with Gasteiger partial charge in [-0.1, -0.05) is 64.1 Å². The number of esters is 1. The van der Waals surface area contributed by atoms with E-state index < -0.39 is 10.0 Å². The molecule has 3 rings (SSSR count). The van der Waals surface area contributed by atoms with Crippen molar-refractivity contribution in [2.45, 2.75) is 51.4 Å². The minimum atomic E-state index is -3.74. The van der Waals surface area contributed by atoms with Gasteiger partial charge in [0, 0.05) is 5.41 Å². The van der Waals surface area contributed by atoms with E-state index in [1.54, 1.807) is 18.2 Å². The lowest BCUT2D eigenvalue weighted by atomic mass is 9.62. The fraction of sp³-hybridized carbons (Fsp3) is 0.346. The largest absolute Gasteiger partial charge is 0.465 e. The van der Waals surface area contributed by atoms with Gasteiger partial charge in [-0.2, -0.15) is 0 Å². The Hall–Kier alpha value is -2.70. The number of carbonyl (C=O) groups excluding carboxylic acids is 1. The summed E-state index contributed by atoms with van der Waals surface area (Å²) in [6.07, 6.45) is 7.61. The zero-order valence-electron chi connectivity index (χ0n) is 19.3. The highest BCUT2D eigenvalue weighted by Gasteiger charge is 2.37. The predicted octanol–water partition coefficient (Wildman–Crippen LogP) is 5.25. The number of rotatable bonds is 5. The number of carbonyl (C=O) groups is 1. The van der Waals surface area contributed by atoms with E-state index in [1.165, 1.54) is 18.2 Å². The molecule has 32 heavy (non-hydrogen) atoms. The topological polar surface area (TPSA) is 86.5 Å². The highest BCUT2D eigenvalue weighted by atomic mass is 32.2. The number of benzene rings is 2. The van der Waals surface area contributed by atoms with E-state index in [0.29, 0.717) is 5.56 Å². The van der Waals surface area contributed by atoms with Gasteiger partial charge in [-0.15, -0.1) is 0 Å². The lowest BCUT2D eigenvalue weighted by Gasteiger charge is -2.42. The molecule has 0 aliphatic heterocycles. The van der Waals surface area contributed by atoms with Crippen molar-refractivity contribution >= 4 is 34.2 Å². The van der Waals surface area contributed by atoms with E-state index in [2.05, 4.69) is 39.8 Å². The van der Waals surface area contributed by atoms with Crippen LogP contribution in [0.2, 0.25) is 0 Å². The maximum atomic E-state index is 11.6. The van der Waals surface area contributed by atoms with Crippen LogP contribution in [0.3, 0.4) is 0 Å². The monoisotopic (exact) mass is 453 g/mol. The lowest BCUT2D eigenvalue weighted by Crippen LogP contribution is -2.34. The molecule has 0 atom stereocenters. The summed E-state index contributed by atoms with van der Waals surface area (Å²) in [6.45, 7) is 8.96. The first kappa shape index (κ1) is 24.0. The van der Waals surface area contributed by atoms with Crippen molar-refractivity contribution < 1.29 is 17.9 Å². The van der Waals surface area contributed by atoms with E-state index in [1.807, 2.05) is 24.3 Å². The standard InChI is InChI=1S/C26H31NO4S/c1-25(2)13-14-26(3,4)23-17-21(12-15-32(27,29)30)20(16-22(23)25)11-8-18-6-9-19(10-7-18)24(28)31-5/h6-12,15-17H,13-14H2,1-5H3,(H2,27,29,30)/b11-8+,15-12+. The maximum absolute atomic E-state index is 11.6. The summed E-state index contributed by atoms with van der Waals surface area (Å²) < 4.78 is 27.9.